The number of nitrogens with zero attached hydrogens (tertiary/aromatic N) is 2. The molecule has 21 heavy (non-hydrogen) atoms. The highest BCUT2D eigenvalue weighted by Crippen LogP contribution is 2.34. The Bertz CT molecular complexity index is 596. The van der Waals surface area contributed by atoms with Gasteiger partial charge in [0.1, 0.15) is 16.7 Å². The van der Waals surface area contributed by atoms with Gasteiger partial charge in [-0.2, -0.15) is 0 Å². The standard InChI is InChI=1S/C15H17Cl2N3S/c1-3-5-13-19-14(18-4-2)9-15(20-13)21-12-8-10(16)6-7-11(12)17/h6-9H,3-5H2,1-2H3,(H,18,19,20). The normalized spacial score (nSPS) is 10.7. The van der Waals surface area contributed by atoms with Gasteiger partial charge in [-0.25, -0.2) is 9.97 Å². The molecule has 0 spiro atoms. The molecular formula is C15H17Cl2N3S. The summed E-state index contributed by atoms with van der Waals surface area (Å²) < 4.78 is 0. The molecule has 0 aliphatic heterocycles. The van der Waals surface area contributed by atoms with Crippen LogP contribution in [-0.4, -0.2) is 16.5 Å². The van der Waals surface area contributed by atoms with Gasteiger partial charge in [0.2, 0.25) is 0 Å². The topological polar surface area (TPSA) is 37.8 Å². The Morgan fingerprint density at radius 2 is 1.95 bits per heavy atom. The number of anilines is 1. The van der Waals surface area contributed by atoms with Gasteiger partial charge >= 0.3 is 0 Å². The summed E-state index contributed by atoms with van der Waals surface area (Å²) in [6.45, 7) is 4.98. The van der Waals surface area contributed by atoms with Crippen LogP contribution in [0, 0.1) is 0 Å². The first-order valence-corrected chi connectivity index (χ1v) is 8.44. The van der Waals surface area contributed by atoms with Crippen LogP contribution in [0.1, 0.15) is 26.1 Å². The molecule has 0 bridgehead atoms. The van der Waals surface area contributed by atoms with E-state index in [-0.39, 0.29) is 0 Å². The number of halogens is 2. The van der Waals surface area contributed by atoms with E-state index in [0.717, 1.165) is 41.0 Å². The van der Waals surface area contributed by atoms with Crippen LogP contribution in [0.15, 0.2) is 34.2 Å². The van der Waals surface area contributed by atoms with Gasteiger partial charge in [0.25, 0.3) is 0 Å². The van der Waals surface area contributed by atoms with E-state index < -0.39 is 0 Å². The van der Waals surface area contributed by atoms with Crippen molar-refractivity contribution in [3.05, 3.63) is 40.1 Å². The molecule has 0 aliphatic carbocycles. The molecule has 0 amide bonds. The van der Waals surface area contributed by atoms with Crippen molar-refractivity contribution in [3.63, 3.8) is 0 Å². The second-order valence-electron chi connectivity index (χ2n) is 4.46. The molecule has 1 aromatic heterocycles. The molecule has 0 aliphatic rings. The van der Waals surface area contributed by atoms with E-state index >= 15 is 0 Å². The maximum absolute atomic E-state index is 6.21. The van der Waals surface area contributed by atoms with Gasteiger partial charge in [-0.15, -0.1) is 0 Å². The summed E-state index contributed by atoms with van der Waals surface area (Å²) in [6, 6.07) is 7.36. The Morgan fingerprint density at radius 1 is 1.14 bits per heavy atom. The van der Waals surface area contributed by atoms with Crippen LogP contribution in [0.4, 0.5) is 5.82 Å². The monoisotopic (exact) mass is 341 g/mol. The number of benzene rings is 1. The van der Waals surface area contributed by atoms with Gasteiger partial charge in [0, 0.05) is 29.0 Å². The first-order valence-electron chi connectivity index (χ1n) is 6.87. The lowest BCUT2D eigenvalue weighted by Gasteiger charge is -2.09. The van der Waals surface area contributed by atoms with Gasteiger partial charge < -0.3 is 5.32 Å². The molecule has 0 fully saturated rings. The molecule has 2 aromatic rings. The van der Waals surface area contributed by atoms with Crippen LogP contribution >= 0.6 is 35.0 Å². The third-order valence-electron chi connectivity index (χ3n) is 2.69. The molecule has 0 radical (unpaired) electrons. The van der Waals surface area contributed by atoms with Crippen LogP contribution in [0.25, 0.3) is 0 Å². The first kappa shape index (κ1) is 16.4. The highest BCUT2D eigenvalue weighted by molar-refractivity contribution is 7.99. The van der Waals surface area contributed by atoms with Crippen LogP contribution in [-0.2, 0) is 6.42 Å². The Kier molecular flexibility index (Phi) is 6.15. The molecule has 6 heteroatoms. The van der Waals surface area contributed by atoms with E-state index in [0.29, 0.717) is 10.0 Å². The summed E-state index contributed by atoms with van der Waals surface area (Å²) in [4.78, 5) is 9.98. The summed E-state index contributed by atoms with van der Waals surface area (Å²) in [6.07, 6.45) is 1.87. The van der Waals surface area contributed by atoms with Gasteiger partial charge in [-0.1, -0.05) is 41.9 Å². The highest BCUT2D eigenvalue weighted by Gasteiger charge is 2.09. The van der Waals surface area contributed by atoms with E-state index in [4.69, 9.17) is 23.2 Å². The third kappa shape index (κ3) is 4.77. The number of rotatable bonds is 6. The first-order chi connectivity index (χ1) is 10.1. The van der Waals surface area contributed by atoms with Gasteiger partial charge in [-0.3, -0.25) is 0 Å². The fraction of sp³-hybridized carbons (Fsp3) is 0.333. The quantitative estimate of drug-likeness (QED) is 0.721. The molecule has 0 atom stereocenters. The largest absolute Gasteiger partial charge is 0.370 e. The van der Waals surface area contributed by atoms with Crippen molar-refractivity contribution in [2.75, 3.05) is 11.9 Å². The minimum absolute atomic E-state index is 0.664. The molecule has 0 saturated carbocycles. The van der Waals surface area contributed by atoms with Crippen molar-refractivity contribution < 1.29 is 0 Å². The van der Waals surface area contributed by atoms with Crippen molar-refractivity contribution >= 4 is 40.8 Å². The molecule has 3 nitrogen and oxygen atoms in total. The third-order valence-corrected chi connectivity index (χ3v) is 4.34. The SMILES string of the molecule is CCCc1nc(NCC)cc(Sc2cc(Cl)ccc2Cl)n1. The minimum atomic E-state index is 0.664. The number of nitrogens with one attached hydrogen (secondary N) is 1. The van der Waals surface area contributed by atoms with E-state index in [2.05, 4.69) is 22.2 Å². The Balaban J connectivity index is 2.31. The van der Waals surface area contributed by atoms with E-state index in [9.17, 15) is 0 Å². The van der Waals surface area contributed by atoms with Crippen molar-refractivity contribution in [3.8, 4) is 0 Å². The lowest BCUT2D eigenvalue weighted by molar-refractivity contribution is 0.810. The molecule has 2 rings (SSSR count). The van der Waals surface area contributed by atoms with Crippen molar-refractivity contribution in [2.45, 2.75) is 36.6 Å². The summed E-state index contributed by atoms with van der Waals surface area (Å²) >= 11 is 13.7. The second kappa shape index (κ2) is 7.87. The molecule has 0 unspecified atom stereocenters. The number of aryl methyl sites for hydroxylation is 1. The molecule has 0 saturated heterocycles. The molecular weight excluding hydrogens is 325 g/mol. The van der Waals surface area contributed by atoms with E-state index in [1.165, 1.54) is 11.8 Å². The Hall–Kier alpha value is -0.970. The van der Waals surface area contributed by atoms with Crippen LogP contribution in [0.5, 0.6) is 0 Å². The summed E-state index contributed by atoms with van der Waals surface area (Å²) in [5, 5.41) is 5.44. The molecule has 1 aromatic carbocycles. The number of aromatic nitrogens is 2. The smallest absolute Gasteiger partial charge is 0.132 e. The molecule has 1 N–H and O–H groups in total. The predicted octanol–water partition coefficient (Wildman–Crippen LogP) is 5.32. The van der Waals surface area contributed by atoms with Gasteiger partial charge in [0.15, 0.2) is 0 Å². The Labute approximate surface area is 139 Å². The second-order valence-corrected chi connectivity index (χ2v) is 6.37. The van der Waals surface area contributed by atoms with Gasteiger partial charge in [0.05, 0.1) is 5.02 Å². The molecule has 1 heterocycles. The lowest BCUT2D eigenvalue weighted by Crippen LogP contribution is -2.04. The van der Waals surface area contributed by atoms with E-state index in [1.807, 2.05) is 19.1 Å². The average Bonchev–Trinajstić information content (AvgIpc) is 2.43. The Morgan fingerprint density at radius 3 is 2.67 bits per heavy atom. The summed E-state index contributed by atoms with van der Waals surface area (Å²) in [5.41, 5.74) is 0. The van der Waals surface area contributed by atoms with Crippen LogP contribution in [0.3, 0.4) is 0 Å². The zero-order valence-corrected chi connectivity index (χ0v) is 14.3. The van der Waals surface area contributed by atoms with E-state index in [1.54, 1.807) is 12.1 Å². The summed E-state index contributed by atoms with van der Waals surface area (Å²) in [5.74, 6) is 1.69. The maximum Gasteiger partial charge on any atom is 0.132 e. The lowest BCUT2D eigenvalue weighted by atomic mass is 10.3. The van der Waals surface area contributed by atoms with Crippen molar-refractivity contribution in [2.24, 2.45) is 0 Å². The highest BCUT2D eigenvalue weighted by atomic mass is 35.5. The number of hydrogen-bond acceptors (Lipinski definition) is 4. The summed E-state index contributed by atoms with van der Waals surface area (Å²) in [7, 11) is 0. The van der Waals surface area contributed by atoms with Crippen LogP contribution < -0.4 is 5.32 Å². The number of hydrogen-bond donors (Lipinski definition) is 1. The van der Waals surface area contributed by atoms with Crippen LogP contribution in [0.2, 0.25) is 10.0 Å². The molecule has 112 valence electrons. The van der Waals surface area contributed by atoms with Crippen molar-refractivity contribution in [1.82, 2.24) is 9.97 Å². The fourth-order valence-electron chi connectivity index (χ4n) is 1.80. The predicted molar refractivity (Wildman–Crippen MR) is 90.8 cm³/mol. The zero-order valence-electron chi connectivity index (χ0n) is 12.0. The zero-order chi connectivity index (χ0) is 15.2. The maximum atomic E-state index is 6.21. The minimum Gasteiger partial charge on any atom is -0.370 e. The van der Waals surface area contributed by atoms with Gasteiger partial charge in [-0.05, 0) is 31.5 Å². The fourth-order valence-corrected chi connectivity index (χ4v) is 3.17. The van der Waals surface area contributed by atoms with Crippen molar-refractivity contribution in [1.29, 1.82) is 0 Å². The average molecular weight is 342 g/mol.